The zero-order valence-electron chi connectivity index (χ0n) is 12.1. The van der Waals surface area contributed by atoms with E-state index in [2.05, 4.69) is 0 Å². The van der Waals surface area contributed by atoms with Gasteiger partial charge in [-0.15, -0.1) is 0 Å². The van der Waals surface area contributed by atoms with Crippen molar-refractivity contribution in [2.24, 2.45) is 5.73 Å². The lowest BCUT2D eigenvalue weighted by atomic mass is 10.1. The Morgan fingerprint density at radius 2 is 1.95 bits per heavy atom. The van der Waals surface area contributed by atoms with Gasteiger partial charge in [-0.2, -0.15) is 0 Å². The number of ether oxygens (including phenoxy) is 1. The molecule has 0 spiro atoms. The number of benzene rings is 1. The fourth-order valence-electron chi connectivity index (χ4n) is 1.61. The van der Waals surface area contributed by atoms with E-state index < -0.39 is 14.6 Å². The van der Waals surface area contributed by atoms with Gasteiger partial charge in [-0.25, -0.2) is 12.8 Å². The molecular weight excluding hydrogens is 281 g/mol. The topological polar surface area (TPSA) is 69.4 Å². The van der Waals surface area contributed by atoms with E-state index >= 15 is 0 Å². The highest BCUT2D eigenvalue weighted by molar-refractivity contribution is 7.92. The van der Waals surface area contributed by atoms with Crippen molar-refractivity contribution in [1.29, 1.82) is 0 Å². The Labute approximate surface area is 120 Å². The van der Waals surface area contributed by atoms with Crippen molar-refractivity contribution in [2.75, 3.05) is 18.9 Å². The summed E-state index contributed by atoms with van der Waals surface area (Å²) in [5, 5.41) is 0. The molecule has 1 rings (SSSR count). The first-order valence-corrected chi connectivity index (χ1v) is 8.16. The lowest BCUT2D eigenvalue weighted by Gasteiger charge is -2.19. The van der Waals surface area contributed by atoms with Gasteiger partial charge in [-0.1, -0.05) is 0 Å². The Kier molecular flexibility index (Phi) is 5.53. The maximum Gasteiger partial charge on any atom is 0.158 e. The highest BCUT2D eigenvalue weighted by Crippen LogP contribution is 2.21. The summed E-state index contributed by atoms with van der Waals surface area (Å²) < 4.78 is 41.7. The highest BCUT2D eigenvalue weighted by Gasteiger charge is 2.28. The summed E-state index contributed by atoms with van der Waals surface area (Å²) in [7, 11) is -3.22. The molecule has 1 aromatic carbocycles. The summed E-state index contributed by atoms with van der Waals surface area (Å²) >= 11 is 0. The third kappa shape index (κ3) is 4.45. The number of nitrogens with two attached hydrogens (primary N) is 1. The quantitative estimate of drug-likeness (QED) is 0.871. The van der Waals surface area contributed by atoms with Gasteiger partial charge < -0.3 is 10.5 Å². The lowest BCUT2D eigenvalue weighted by molar-refractivity contribution is 0.335. The van der Waals surface area contributed by atoms with Crippen LogP contribution >= 0.6 is 0 Å². The Morgan fingerprint density at radius 1 is 1.30 bits per heavy atom. The molecule has 2 N–H and O–H groups in total. The predicted molar refractivity (Wildman–Crippen MR) is 78.2 cm³/mol. The van der Waals surface area contributed by atoms with Crippen molar-refractivity contribution in [3.8, 4) is 5.75 Å². The van der Waals surface area contributed by atoms with Gasteiger partial charge in [0.25, 0.3) is 0 Å². The fraction of sp³-hybridized carbons (Fsp3) is 0.571. The second-order valence-electron chi connectivity index (χ2n) is 5.57. The Bertz CT molecular complexity index is 550. The Hall–Kier alpha value is -1.14. The normalized spacial score (nSPS) is 12.4. The van der Waals surface area contributed by atoms with Crippen molar-refractivity contribution in [3.63, 3.8) is 0 Å². The largest absolute Gasteiger partial charge is 0.492 e. The van der Waals surface area contributed by atoms with Gasteiger partial charge in [-0.05, 0) is 57.5 Å². The first-order valence-electron chi connectivity index (χ1n) is 6.51. The third-order valence-corrected chi connectivity index (χ3v) is 5.55. The smallest absolute Gasteiger partial charge is 0.158 e. The minimum atomic E-state index is -3.22. The minimum Gasteiger partial charge on any atom is -0.492 e. The summed E-state index contributed by atoms with van der Waals surface area (Å²) in [4.78, 5) is 0. The van der Waals surface area contributed by atoms with E-state index in [9.17, 15) is 12.8 Å². The Balaban J connectivity index is 2.72. The van der Waals surface area contributed by atoms with Gasteiger partial charge in [0.1, 0.15) is 18.2 Å². The monoisotopic (exact) mass is 303 g/mol. The molecule has 0 aliphatic rings. The van der Waals surface area contributed by atoms with Crippen LogP contribution in [0.4, 0.5) is 4.39 Å². The van der Waals surface area contributed by atoms with E-state index in [0.717, 1.165) is 0 Å². The number of hydrogen-bond acceptors (Lipinski definition) is 4. The van der Waals surface area contributed by atoms with Crippen LogP contribution in [-0.2, 0) is 16.3 Å². The molecular formula is C14H22FNO3S. The minimum absolute atomic E-state index is 0.0445. The predicted octanol–water partition coefficient (Wildman–Crippen LogP) is 1.92. The van der Waals surface area contributed by atoms with E-state index in [1.165, 1.54) is 18.2 Å². The van der Waals surface area contributed by atoms with Gasteiger partial charge in [0.05, 0.1) is 10.5 Å². The van der Waals surface area contributed by atoms with Crippen LogP contribution in [0.5, 0.6) is 5.75 Å². The Morgan fingerprint density at radius 3 is 2.50 bits per heavy atom. The molecule has 0 atom stereocenters. The molecule has 0 bridgehead atoms. The van der Waals surface area contributed by atoms with Gasteiger partial charge in [0, 0.05) is 0 Å². The average Bonchev–Trinajstić information content (AvgIpc) is 2.30. The molecule has 4 nitrogen and oxygen atoms in total. The number of hydrogen-bond donors (Lipinski definition) is 1. The first-order chi connectivity index (χ1) is 9.17. The molecule has 1 aromatic rings. The van der Waals surface area contributed by atoms with Crippen LogP contribution in [0, 0.1) is 5.82 Å². The van der Waals surface area contributed by atoms with Crippen LogP contribution in [0.2, 0.25) is 0 Å². The van der Waals surface area contributed by atoms with Crippen LogP contribution in [0.15, 0.2) is 18.2 Å². The highest BCUT2D eigenvalue weighted by atomic mass is 32.2. The maximum atomic E-state index is 13.1. The summed E-state index contributed by atoms with van der Waals surface area (Å²) in [5.41, 5.74) is 6.11. The second kappa shape index (κ2) is 6.54. The van der Waals surface area contributed by atoms with Gasteiger partial charge >= 0.3 is 0 Å². The zero-order chi connectivity index (χ0) is 15.4. The number of rotatable bonds is 6. The van der Waals surface area contributed by atoms with Crippen LogP contribution < -0.4 is 10.5 Å². The van der Waals surface area contributed by atoms with Crippen LogP contribution in [-0.4, -0.2) is 32.1 Å². The van der Waals surface area contributed by atoms with Crippen molar-refractivity contribution in [3.05, 3.63) is 29.6 Å². The standard InChI is InChI=1S/C14H22FNO3S/c1-14(2,3)20(17,18)9-8-19-13-5-4-12(15)10-11(13)6-7-16/h4-5,10H,6-9,16H2,1-3H3. The molecule has 0 saturated carbocycles. The third-order valence-electron chi connectivity index (χ3n) is 2.98. The van der Waals surface area contributed by atoms with Crippen molar-refractivity contribution in [2.45, 2.75) is 31.9 Å². The molecule has 0 radical (unpaired) electrons. The van der Waals surface area contributed by atoms with Crippen LogP contribution in [0.1, 0.15) is 26.3 Å². The molecule has 0 unspecified atom stereocenters. The van der Waals surface area contributed by atoms with E-state index in [-0.39, 0.29) is 18.2 Å². The van der Waals surface area contributed by atoms with Crippen LogP contribution in [0.3, 0.4) is 0 Å². The SMILES string of the molecule is CC(C)(C)S(=O)(=O)CCOc1ccc(F)cc1CCN. The number of halogens is 1. The molecule has 0 heterocycles. The van der Waals surface area contributed by atoms with Crippen molar-refractivity contribution < 1.29 is 17.5 Å². The zero-order valence-corrected chi connectivity index (χ0v) is 13.0. The van der Waals surface area contributed by atoms with E-state index in [4.69, 9.17) is 10.5 Å². The molecule has 0 aliphatic carbocycles. The summed E-state index contributed by atoms with van der Waals surface area (Å²) in [6, 6.07) is 4.15. The maximum absolute atomic E-state index is 13.1. The molecule has 0 aromatic heterocycles. The molecule has 0 amide bonds. The molecule has 20 heavy (non-hydrogen) atoms. The average molecular weight is 303 g/mol. The summed E-state index contributed by atoms with van der Waals surface area (Å²) in [5.74, 6) is 0.0553. The summed E-state index contributed by atoms with van der Waals surface area (Å²) in [6.07, 6.45) is 0.485. The van der Waals surface area contributed by atoms with E-state index in [1.54, 1.807) is 20.8 Å². The molecule has 114 valence electrons. The van der Waals surface area contributed by atoms with Gasteiger partial charge in [0.2, 0.25) is 0 Å². The van der Waals surface area contributed by atoms with E-state index in [0.29, 0.717) is 24.3 Å². The first kappa shape index (κ1) is 16.9. The van der Waals surface area contributed by atoms with Crippen molar-refractivity contribution >= 4 is 9.84 Å². The lowest BCUT2D eigenvalue weighted by Crippen LogP contribution is -2.32. The molecule has 0 aliphatic heterocycles. The van der Waals surface area contributed by atoms with Crippen LogP contribution in [0.25, 0.3) is 0 Å². The van der Waals surface area contributed by atoms with Gasteiger partial charge in [0.15, 0.2) is 9.84 Å². The van der Waals surface area contributed by atoms with Crippen molar-refractivity contribution in [1.82, 2.24) is 0 Å². The fourth-order valence-corrected chi connectivity index (χ4v) is 2.52. The molecule has 6 heteroatoms. The van der Waals surface area contributed by atoms with Gasteiger partial charge in [-0.3, -0.25) is 0 Å². The van der Waals surface area contributed by atoms with E-state index in [1.807, 2.05) is 0 Å². The summed E-state index contributed by atoms with van der Waals surface area (Å²) in [6.45, 7) is 5.38. The second-order valence-corrected chi connectivity index (χ2v) is 8.43. The molecule has 0 fully saturated rings. The molecule has 0 saturated heterocycles. The number of sulfone groups is 1.